The molecule has 1 aliphatic rings. The number of hydrogen-bond acceptors (Lipinski definition) is 6. The molecule has 4 rings (SSSR count). The van der Waals surface area contributed by atoms with Gasteiger partial charge in [0.1, 0.15) is 23.6 Å². The number of thiophene rings is 1. The summed E-state index contributed by atoms with van der Waals surface area (Å²) in [7, 11) is 2.04. The maximum atomic E-state index is 6.06. The third-order valence-electron chi connectivity index (χ3n) is 4.35. The molecular weight excluding hydrogens is 322 g/mol. The highest BCUT2D eigenvalue weighted by Gasteiger charge is 2.24. The van der Waals surface area contributed by atoms with Crippen LogP contribution in [0.5, 0.6) is 11.5 Å². The molecule has 2 aromatic heterocycles. The van der Waals surface area contributed by atoms with E-state index in [4.69, 9.17) is 9.47 Å². The zero-order valence-electron chi connectivity index (χ0n) is 13.9. The Morgan fingerprint density at radius 2 is 2.00 bits per heavy atom. The van der Waals surface area contributed by atoms with Crippen LogP contribution < -0.4 is 14.4 Å². The number of rotatable bonds is 3. The van der Waals surface area contributed by atoms with Crippen LogP contribution >= 0.6 is 11.3 Å². The normalized spacial score (nSPS) is 16.4. The lowest BCUT2D eigenvalue weighted by atomic mass is 10.2. The summed E-state index contributed by atoms with van der Waals surface area (Å²) in [6, 6.07) is 7.78. The molecule has 0 amide bonds. The average Bonchev–Trinajstić information content (AvgIpc) is 2.89. The highest BCUT2D eigenvalue weighted by molar-refractivity contribution is 7.18. The fourth-order valence-electron chi connectivity index (χ4n) is 3.00. The van der Waals surface area contributed by atoms with Crippen molar-refractivity contribution in [2.75, 3.05) is 25.1 Å². The Balaban J connectivity index is 1.58. The molecule has 1 atom stereocenters. The molecule has 0 aliphatic carbocycles. The second-order valence-electron chi connectivity index (χ2n) is 6.04. The van der Waals surface area contributed by atoms with Gasteiger partial charge in [0.2, 0.25) is 0 Å². The van der Waals surface area contributed by atoms with Crippen LogP contribution in [-0.4, -0.2) is 36.3 Å². The maximum Gasteiger partial charge on any atom is 0.161 e. The molecule has 3 heterocycles. The molecule has 0 N–H and O–H groups in total. The first-order valence-electron chi connectivity index (χ1n) is 7.94. The van der Waals surface area contributed by atoms with Crippen LogP contribution in [0.15, 0.2) is 30.6 Å². The quantitative estimate of drug-likeness (QED) is 0.729. The number of likely N-dealkylation sites (N-methyl/N-ethyl adjacent to an activating group) is 1. The standard InChI is InChI=1S/C18H19N3O2S/c1-11-12(2)24-18-16(11)17(19-10-20-18)21(3)8-13-9-22-14-6-4-5-7-15(14)23-13/h4-7,10,13H,8-9H2,1-3H3. The number of hydrogen-bond donors (Lipinski definition) is 0. The number of benzene rings is 1. The van der Waals surface area contributed by atoms with E-state index in [2.05, 4.69) is 28.7 Å². The number of ether oxygens (including phenoxy) is 2. The number of nitrogens with zero attached hydrogens (tertiary/aromatic N) is 3. The van der Waals surface area contributed by atoms with E-state index >= 15 is 0 Å². The van der Waals surface area contributed by atoms with Gasteiger partial charge in [0, 0.05) is 11.9 Å². The van der Waals surface area contributed by atoms with Crippen LogP contribution in [-0.2, 0) is 0 Å². The summed E-state index contributed by atoms with van der Waals surface area (Å²) in [6.07, 6.45) is 1.60. The smallest absolute Gasteiger partial charge is 0.161 e. The van der Waals surface area contributed by atoms with Crippen molar-refractivity contribution in [2.24, 2.45) is 0 Å². The SMILES string of the molecule is Cc1sc2ncnc(N(C)CC3COc4ccccc4O3)c2c1C. The fourth-order valence-corrected chi connectivity index (χ4v) is 3.99. The minimum absolute atomic E-state index is 0.0324. The molecule has 0 saturated heterocycles. The van der Waals surface area contributed by atoms with Crippen molar-refractivity contribution in [3.05, 3.63) is 41.0 Å². The second kappa shape index (κ2) is 5.94. The molecule has 24 heavy (non-hydrogen) atoms. The number of anilines is 1. The first-order valence-corrected chi connectivity index (χ1v) is 8.75. The van der Waals surface area contributed by atoms with Crippen molar-refractivity contribution >= 4 is 27.4 Å². The molecule has 0 fully saturated rings. The summed E-state index contributed by atoms with van der Waals surface area (Å²) in [4.78, 5) is 13.4. The van der Waals surface area contributed by atoms with Gasteiger partial charge < -0.3 is 14.4 Å². The Labute approximate surface area is 144 Å². The third kappa shape index (κ3) is 2.57. The monoisotopic (exact) mass is 341 g/mol. The first kappa shape index (κ1) is 15.2. The van der Waals surface area contributed by atoms with Crippen molar-refractivity contribution in [1.82, 2.24) is 9.97 Å². The van der Waals surface area contributed by atoms with E-state index in [9.17, 15) is 0 Å². The molecule has 1 aromatic carbocycles. The van der Waals surface area contributed by atoms with Crippen LogP contribution in [0.2, 0.25) is 0 Å². The highest BCUT2D eigenvalue weighted by atomic mass is 32.1. The first-order chi connectivity index (χ1) is 11.6. The van der Waals surface area contributed by atoms with Crippen LogP contribution in [0.1, 0.15) is 10.4 Å². The fraction of sp³-hybridized carbons (Fsp3) is 0.333. The topological polar surface area (TPSA) is 47.5 Å². The molecule has 5 nitrogen and oxygen atoms in total. The van der Waals surface area contributed by atoms with Crippen molar-refractivity contribution in [3.63, 3.8) is 0 Å². The van der Waals surface area contributed by atoms with Gasteiger partial charge in [-0.15, -0.1) is 11.3 Å². The lowest BCUT2D eigenvalue weighted by Crippen LogP contribution is -2.39. The van der Waals surface area contributed by atoms with Crippen LogP contribution in [0.25, 0.3) is 10.2 Å². The molecule has 0 spiro atoms. The summed E-state index contributed by atoms with van der Waals surface area (Å²) in [5.74, 6) is 2.56. The van der Waals surface area contributed by atoms with E-state index in [1.54, 1.807) is 17.7 Å². The van der Waals surface area contributed by atoms with Crippen molar-refractivity contribution in [1.29, 1.82) is 0 Å². The molecule has 6 heteroatoms. The molecule has 3 aromatic rings. The third-order valence-corrected chi connectivity index (χ3v) is 5.47. The van der Waals surface area contributed by atoms with Gasteiger partial charge in [-0.2, -0.15) is 0 Å². The van der Waals surface area contributed by atoms with Crippen LogP contribution in [0.3, 0.4) is 0 Å². The van der Waals surface area contributed by atoms with E-state index in [1.165, 1.54) is 10.4 Å². The number of fused-ring (bicyclic) bond motifs is 2. The van der Waals surface area contributed by atoms with Gasteiger partial charge in [0.15, 0.2) is 17.6 Å². The van der Waals surface area contributed by atoms with Crippen LogP contribution in [0.4, 0.5) is 5.82 Å². The molecular formula is C18H19N3O2S. The number of para-hydroxylation sites is 2. The predicted octanol–water partition coefficient (Wildman–Crippen LogP) is 3.58. The van der Waals surface area contributed by atoms with E-state index in [-0.39, 0.29) is 6.10 Å². The van der Waals surface area contributed by atoms with Gasteiger partial charge in [-0.25, -0.2) is 9.97 Å². The average molecular weight is 341 g/mol. The van der Waals surface area contributed by atoms with Crippen molar-refractivity contribution < 1.29 is 9.47 Å². The molecule has 0 radical (unpaired) electrons. The lowest BCUT2D eigenvalue weighted by molar-refractivity contribution is 0.0960. The van der Waals surface area contributed by atoms with Gasteiger partial charge >= 0.3 is 0 Å². The second-order valence-corrected chi connectivity index (χ2v) is 7.24. The van der Waals surface area contributed by atoms with Crippen molar-refractivity contribution in [2.45, 2.75) is 20.0 Å². The van der Waals surface area contributed by atoms with E-state index in [1.807, 2.05) is 31.3 Å². The Morgan fingerprint density at radius 1 is 1.21 bits per heavy atom. The highest BCUT2D eigenvalue weighted by Crippen LogP contribution is 2.35. The minimum Gasteiger partial charge on any atom is -0.486 e. The zero-order valence-corrected chi connectivity index (χ0v) is 14.8. The Kier molecular flexibility index (Phi) is 3.76. The maximum absolute atomic E-state index is 6.06. The van der Waals surface area contributed by atoms with Gasteiger partial charge in [-0.1, -0.05) is 12.1 Å². The largest absolute Gasteiger partial charge is 0.486 e. The van der Waals surface area contributed by atoms with E-state index in [0.29, 0.717) is 13.2 Å². The summed E-state index contributed by atoms with van der Waals surface area (Å²) in [5, 5.41) is 1.14. The van der Waals surface area contributed by atoms with Gasteiger partial charge in [0.05, 0.1) is 11.9 Å². The Hall–Kier alpha value is -2.34. The minimum atomic E-state index is -0.0324. The Morgan fingerprint density at radius 3 is 2.83 bits per heavy atom. The summed E-state index contributed by atoms with van der Waals surface area (Å²) >= 11 is 1.71. The van der Waals surface area contributed by atoms with E-state index in [0.717, 1.165) is 27.5 Å². The van der Waals surface area contributed by atoms with E-state index < -0.39 is 0 Å². The number of aromatic nitrogens is 2. The van der Waals surface area contributed by atoms with Crippen LogP contribution in [0, 0.1) is 13.8 Å². The van der Waals surface area contributed by atoms with Gasteiger partial charge in [0.25, 0.3) is 0 Å². The molecule has 0 bridgehead atoms. The summed E-state index contributed by atoms with van der Waals surface area (Å²) < 4.78 is 11.9. The summed E-state index contributed by atoms with van der Waals surface area (Å²) in [6.45, 7) is 5.50. The van der Waals surface area contributed by atoms with Crippen molar-refractivity contribution in [3.8, 4) is 11.5 Å². The zero-order chi connectivity index (χ0) is 16.7. The molecule has 0 saturated carbocycles. The Bertz CT molecular complexity index is 893. The molecule has 124 valence electrons. The van der Waals surface area contributed by atoms with Gasteiger partial charge in [-0.3, -0.25) is 0 Å². The number of aryl methyl sites for hydroxylation is 2. The lowest BCUT2D eigenvalue weighted by Gasteiger charge is -2.30. The molecule has 1 unspecified atom stereocenters. The van der Waals surface area contributed by atoms with Gasteiger partial charge in [-0.05, 0) is 31.5 Å². The molecule has 1 aliphatic heterocycles. The summed E-state index contributed by atoms with van der Waals surface area (Å²) in [5.41, 5.74) is 1.25. The predicted molar refractivity (Wildman–Crippen MR) is 96.5 cm³/mol.